The summed E-state index contributed by atoms with van der Waals surface area (Å²) in [7, 11) is 0. The van der Waals surface area contributed by atoms with Crippen molar-refractivity contribution in [2.45, 2.75) is 12.8 Å². The highest BCUT2D eigenvalue weighted by Gasteiger charge is 2.25. The maximum absolute atomic E-state index is 11.8. The van der Waals surface area contributed by atoms with Crippen LogP contribution in [0.4, 0.5) is 0 Å². The van der Waals surface area contributed by atoms with Crippen LogP contribution >= 0.6 is 12.2 Å². The fourth-order valence-electron chi connectivity index (χ4n) is 2.16. The van der Waals surface area contributed by atoms with Crippen molar-refractivity contribution in [2.75, 3.05) is 13.1 Å². The minimum atomic E-state index is -0.336. The second-order valence-electron chi connectivity index (χ2n) is 4.83. The molecule has 0 aliphatic carbocycles. The van der Waals surface area contributed by atoms with Crippen molar-refractivity contribution in [3.05, 3.63) is 30.2 Å². The Morgan fingerprint density at radius 2 is 2.33 bits per heavy atom. The molecule has 0 bridgehead atoms. The van der Waals surface area contributed by atoms with Crippen LogP contribution in [0.25, 0.3) is 6.08 Å². The van der Waals surface area contributed by atoms with E-state index in [4.69, 9.17) is 22.4 Å². The van der Waals surface area contributed by atoms with Crippen molar-refractivity contribution in [3.8, 4) is 0 Å². The first-order valence-corrected chi connectivity index (χ1v) is 7.08. The number of hydrogen-bond acceptors (Lipinski definition) is 4. The normalized spacial score (nSPS) is 18.7. The number of amides is 2. The number of nitrogens with one attached hydrogen (secondary N) is 1. The lowest BCUT2D eigenvalue weighted by Gasteiger charge is -2.32. The third kappa shape index (κ3) is 4.42. The van der Waals surface area contributed by atoms with Gasteiger partial charge in [-0.15, -0.1) is 0 Å². The van der Waals surface area contributed by atoms with Crippen molar-refractivity contribution < 1.29 is 14.0 Å². The van der Waals surface area contributed by atoms with Crippen LogP contribution in [0.3, 0.4) is 0 Å². The summed E-state index contributed by atoms with van der Waals surface area (Å²) in [5, 5.41) is 2.92. The number of rotatable bonds is 3. The number of likely N-dealkylation sites (tertiary alicyclic amines) is 1. The van der Waals surface area contributed by atoms with Gasteiger partial charge in [0.05, 0.1) is 12.2 Å². The molecule has 1 aliphatic rings. The van der Waals surface area contributed by atoms with Gasteiger partial charge in [-0.2, -0.15) is 0 Å². The monoisotopic (exact) mass is 307 g/mol. The SMILES string of the molecule is NC(=O)[C@H]1CCCN(C(=S)NC(=O)/C=C/c2ccco2)C1. The average Bonchev–Trinajstić information content (AvgIpc) is 2.98. The topological polar surface area (TPSA) is 88.6 Å². The molecule has 1 aromatic rings. The Bertz CT molecular complexity index is 554. The number of carbonyl (C=O) groups excluding carboxylic acids is 2. The zero-order valence-electron chi connectivity index (χ0n) is 11.5. The first-order chi connectivity index (χ1) is 10.1. The Balaban J connectivity index is 1.86. The van der Waals surface area contributed by atoms with Crippen LogP contribution in [0.1, 0.15) is 18.6 Å². The van der Waals surface area contributed by atoms with Gasteiger partial charge in [0, 0.05) is 19.2 Å². The molecule has 0 aromatic carbocycles. The number of thiocarbonyl (C=S) groups is 1. The molecule has 2 heterocycles. The molecule has 0 radical (unpaired) electrons. The average molecular weight is 307 g/mol. The summed E-state index contributed by atoms with van der Waals surface area (Å²) < 4.78 is 5.08. The van der Waals surface area contributed by atoms with Crippen molar-refractivity contribution in [3.63, 3.8) is 0 Å². The number of primary amides is 1. The molecule has 112 valence electrons. The molecule has 2 rings (SSSR count). The molecule has 1 atom stereocenters. The number of carbonyl (C=O) groups is 2. The van der Waals surface area contributed by atoms with Gasteiger partial charge in [-0.05, 0) is 43.3 Å². The van der Waals surface area contributed by atoms with Gasteiger partial charge >= 0.3 is 0 Å². The predicted octanol–water partition coefficient (Wildman–Crippen LogP) is 0.891. The summed E-state index contributed by atoms with van der Waals surface area (Å²) in [4.78, 5) is 24.8. The smallest absolute Gasteiger partial charge is 0.250 e. The molecule has 2 amide bonds. The summed E-state index contributed by atoms with van der Waals surface area (Å²) in [5.74, 6) is -0.292. The van der Waals surface area contributed by atoms with Crippen LogP contribution < -0.4 is 11.1 Å². The molecular formula is C14H17N3O3S. The van der Waals surface area contributed by atoms with E-state index in [0.29, 0.717) is 24.0 Å². The Morgan fingerprint density at radius 3 is 3.00 bits per heavy atom. The minimum Gasteiger partial charge on any atom is -0.465 e. The number of nitrogens with two attached hydrogens (primary N) is 1. The van der Waals surface area contributed by atoms with Gasteiger partial charge in [-0.25, -0.2) is 0 Å². The highest BCUT2D eigenvalue weighted by Crippen LogP contribution is 2.16. The minimum absolute atomic E-state index is 0.215. The van der Waals surface area contributed by atoms with E-state index >= 15 is 0 Å². The van der Waals surface area contributed by atoms with Crippen LogP contribution in [0.15, 0.2) is 28.9 Å². The van der Waals surface area contributed by atoms with Gasteiger partial charge in [-0.1, -0.05) is 0 Å². The Hall–Kier alpha value is -2.15. The van der Waals surface area contributed by atoms with Gasteiger partial charge in [0.25, 0.3) is 0 Å². The van der Waals surface area contributed by atoms with Gasteiger partial charge in [0.2, 0.25) is 11.8 Å². The van der Waals surface area contributed by atoms with Crippen LogP contribution in [0.5, 0.6) is 0 Å². The number of hydrogen-bond donors (Lipinski definition) is 2. The number of furan rings is 1. The van der Waals surface area contributed by atoms with E-state index in [9.17, 15) is 9.59 Å². The van der Waals surface area contributed by atoms with E-state index in [1.165, 1.54) is 12.3 Å². The molecule has 1 fully saturated rings. The first-order valence-electron chi connectivity index (χ1n) is 6.67. The van der Waals surface area contributed by atoms with Crippen molar-refractivity contribution in [1.29, 1.82) is 0 Å². The van der Waals surface area contributed by atoms with Crippen LogP contribution in [-0.4, -0.2) is 34.9 Å². The quantitative estimate of drug-likeness (QED) is 0.639. The summed E-state index contributed by atoms with van der Waals surface area (Å²) in [6.07, 6.45) is 6.02. The summed E-state index contributed by atoms with van der Waals surface area (Å²) >= 11 is 5.19. The molecule has 1 saturated heterocycles. The van der Waals surface area contributed by atoms with E-state index in [1.807, 2.05) is 0 Å². The Kier molecular flexibility index (Phi) is 5.10. The third-order valence-electron chi connectivity index (χ3n) is 3.28. The zero-order valence-corrected chi connectivity index (χ0v) is 12.3. The van der Waals surface area contributed by atoms with Gasteiger partial charge in [-0.3, -0.25) is 14.9 Å². The lowest BCUT2D eigenvalue weighted by atomic mass is 9.98. The second-order valence-corrected chi connectivity index (χ2v) is 5.22. The molecule has 7 heteroatoms. The fraction of sp³-hybridized carbons (Fsp3) is 0.357. The molecule has 3 N–H and O–H groups in total. The Labute approximate surface area is 128 Å². The molecule has 1 aromatic heterocycles. The lowest BCUT2D eigenvalue weighted by molar-refractivity contribution is -0.122. The van der Waals surface area contributed by atoms with Gasteiger partial charge in [0.1, 0.15) is 5.76 Å². The zero-order chi connectivity index (χ0) is 15.2. The largest absolute Gasteiger partial charge is 0.465 e. The molecule has 6 nitrogen and oxygen atoms in total. The third-order valence-corrected chi connectivity index (χ3v) is 3.64. The maximum atomic E-state index is 11.8. The van der Waals surface area contributed by atoms with E-state index in [1.54, 1.807) is 23.1 Å². The predicted molar refractivity (Wildman–Crippen MR) is 82.0 cm³/mol. The molecule has 21 heavy (non-hydrogen) atoms. The van der Waals surface area contributed by atoms with Crippen LogP contribution in [-0.2, 0) is 9.59 Å². The van der Waals surface area contributed by atoms with Gasteiger partial charge in [0.15, 0.2) is 5.11 Å². The fourth-order valence-corrected chi connectivity index (χ4v) is 2.43. The number of piperidine rings is 1. The molecule has 0 saturated carbocycles. The maximum Gasteiger partial charge on any atom is 0.250 e. The van der Waals surface area contributed by atoms with Crippen molar-refractivity contribution >= 4 is 35.2 Å². The summed E-state index contributed by atoms with van der Waals surface area (Å²) in [6, 6.07) is 3.48. The Morgan fingerprint density at radius 1 is 1.52 bits per heavy atom. The standard InChI is InChI=1S/C14H17N3O3S/c15-13(19)10-3-1-7-17(9-10)14(21)16-12(18)6-5-11-4-2-8-20-11/h2,4-6,8,10H,1,3,7,9H2,(H2,15,19)(H,16,18,21)/b6-5+/t10-/m0/s1. The van der Waals surface area contributed by atoms with Crippen molar-refractivity contribution in [2.24, 2.45) is 11.7 Å². The van der Waals surface area contributed by atoms with Crippen LogP contribution in [0, 0.1) is 5.92 Å². The summed E-state index contributed by atoms with van der Waals surface area (Å²) in [6.45, 7) is 1.17. The van der Waals surface area contributed by atoms with Gasteiger partial charge < -0.3 is 15.1 Å². The molecular weight excluding hydrogens is 290 g/mol. The van der Waals surface area contributed by atoms with Crippen LogP contribution in [0.2, 0.25) is 0 Å². The second kappa shape index (κ2) is 7.03. The molecule has 1 aliphatic heterocycles. The van der Waals surface area contributed by atoms with E-state index < -0.39 is 0 Å². The number of nitrogens with zero attached hydrogens (tertiary/aromatic N) is 1. The van der Waals surface area contributed by atoms with E-state index in [0.717, 1.165) is 12.8 Å². The first kappa shape index (κ1) is 15.2. The molecule has 0 spiro atoms. The highest BCUT2D eigenvalue weighted by molar-refractivity contribution is 7.80. The molecule has 0 unspecified atom stereocenters. The van der Waals surface area contributed by atoms with Crippen molar-refractivity contribution in [1.82, 2.24) is 10.2 Å². The summed E-state index contributed by atoms with van der Waals surface area (Å²) in [5.41, 5.74) is 5.31. The highest BCUT2D eigenvalue weighted by atomic mass is 32.1. The van der Waals surface area contributed by atoms with E-state index in [-0.39, 0.29) is 17.7 Å². The van der Waals surface area contributed by atoms with E-state index in [2.05, 4.69) is 5.32 Å². The lowest BCUT2D eigenvalue weighted by Crippen LogP contribution is -2.49.